The topological polar surface area (TPSA) is 21.3 Å². The molecule has 1 aromatic rings. The van der Waals surface area contributed by atoms with Crippen LogP contribution >= 0.6 is 22.6 Å². The van der Waals surface area contributed by atoms with E-state index in [0.29, 0.717) is 12.1 Å². The number of halogens is 1. The maximum Gasteiger partial charge on any atom is 0.0614 e. The zero-order chi connectivity index (χ0) is 11.5. The SMILES string of the molecule is CCOC1CC(Nc2ccc(C)c(I)c2)C1. The first-order valence-corrected chi connectivity index (χ1v) is 6.91. The highest BCUT2D eigenvalue weighted by Gasteiger charge is 2.29. The summed E-state index contributed by atoms with van der Waals surface area (Å²) in [4.78, 5) is 0. The Balaban J connectivity index is 1.84. The fourth-order valence-electron chi connectivity index (χ4n) is 1.97. The van der Waals surface area contributed by atoms with Crippen LogP contribution in [-0.4, -0.2) is 18.8 Å². The van der Waals surface area contributed by atoms with Crippen LogP contribution in [0.2, 0.25) is 0 Å². The van der Waals surface area contributed by atoms with Gasteiger partial charge in [0.2, 0.25) is 0 Å². The first kappa shape index (κ1) is 12.2. The Hall–Kier alpha value is -0.290. The predicted octanol–water partition coefficient (Wildman–Crippen LogP) is 3.58. The van der Waals surface area contributed by atoms with Crippen molar-refractivity contribution in [3.8, 4) is 0 Å². The average Bonchev–Trinajstić information content (AvgIpc) is 2.20. The van der Waals surface area contributed by atoms with Crippen molar-refractivity contribution in [1.29, 1.82) is 0 Å². The van der Waals surface area contributed by atoms with Crippen molar-refractivity contribution in [2.45, 2.75) is 38.8 Å². The van der Waals surface area contributed by atoms with E-state index < -0.39 is 0 Å². The number of aryl methyl sites for hydroxylation is 1. The number of benzene rings is 1. The molecule has 2 rings (SSSR count). The average molecular weight is 331 g/mol. The first-order chi connectivity index (χ1) is 7.69. The molecule has 0 unspecified atom stereocenters. The standard InChI is InChI=1S/C13H18INO/c1-3-16-12-6-11(7-12)15-10-5-4-9(2)13(14)8-10/h4-5,8,11-12,15H,3,6-7H2,1-2H3. The van der Waals surface area contributed by atoms with E-state index >= 15 is 0 Å². The molecule has 1 aliphatic carbocycles. The molecular formula is C13H18INO. The van der Waals surface area contributed by atoms with E-state index in [1.807, 2.05) is 0 Å². The van der Waals surface area contributed by atoms with Crippen LogP contribution < -0.4 is 5.32 Å². The van der Waals surface area contributed by atoms with Crippen LogP contribution in [0.5, 0.6) is 0 Å². The Bertz CT molecular complexity index is 361. The van der Waals surface area contributed by atoms with E-state index in [9.17, 15) is 0 Å². The predicted molar refractivity (Wildman–Crippen MR) is 76.0 cm³/mol. The van der Waals surface area contributed by atoms with E-state index in [4.69, 9.17) is 4.74 Å². The maximum atomic E-state index is 5.55. The summed E-state index contributed by atoms with van der Waals surface area (Å²) in [7, 11) is 0. The summed E-state index contributed by atoms with van der Waals surface area (Å²) in [6, 6.07) is 7.13. The molecule has 88 valence electrons. The third-order valence-electron chi connectivity index (χ3n) is 3.04. The highest BCUT2D eigenvalue weighted by molar-refractivity contribution is 14.1. The third kappa shape index (κ3) is 2.88. The lowest BCUT2D eigenvalue weighted by molar-refractivity contribution is 0.00299. The molecule has 0 aromatic heterocycles. The molecule has 0 heterocycles. The first-order valence-electron chi connectivity index (χ1n) is 5.83. The van der Waals surface area contributed by atoms with Gasteiger partial charge in [-0.05, 0) is 67.0 Å². The Morgan fingerprint density at radius 2 is 2.19 bits per heavy atom. The summed E-state index contributed by atoms with van der Waals surface area (Å²) in [6.07, 6.45) is 2.75. The molecule has 1 saturated carbocycles. The normalized spacial score (nSPS) is 23.9. The number of nitrogens with one attached hydrogen (secondary N) is 1. The van der Waals surface area contributed by atoms with E-state index in [-0.39, 0.29) is 0 Å². The summed E-state index contributed by atoms with van der Waals surface area (Å²) >= 11 is 2.38. The quantitative estimate of drug-likeness (QED) is 0.852. The van der Waals surface area contributed by atoms with Crippen LogP contribution in [0.15, 0.2) is 18.2 Å². The number of hydrogen-bond donors (Lipinski definition) is 1. The summed E-state index contributed by atoms with van der Waals surface area (Å²) in [5, 5.41) is 3.55. The number of ether oxygens (including phenoxy) is 1. The molecule has 0 atom stereocenters. The van der Waals surface area contributed by atoms with Gasteiger partial charge in [-0.15, -0.1) is 0 Å². The molecule has 0 spiro atoms. The van der Waals surface area contributed by atoms with Crippen LogP contribution in [0.4, 0.5) is 5.69 Å². The zero-order valence-corrected chi connectivity index (χ0v) is 12.0. The van der Waals surface area contributed by atoms with Crippen LogP contribution in [0.1, 0.15) is 25.3 Å². The van der Waals surface area contributed by atoms with Gasteiger partial charge in [-0.2, -0.15) is 0 Å². The van der Waals surface area contributed by atoms with Crippen LogP contribution in [0.3, 0.4) is 0 Å². The van der Waals surface area contributed by atoms with Crippen LogP contribution in [-0.2, 0) is 4.74 Å². The molecule has 3 heteroatoms. The second kappa shape index (κ2) is 5.36. The van der Waals surface area contributed by atoms with E-state index in [1.165, 1.54) is 14.8 Å². The van der Waals surface area contributed by atoms with Gasteiger partial charge in [0.25, 0.3) is 0 Å². The largest absolute Gasteiger partial charge is 0.382 e. The van der Waals surface area contributed by atoms with E-state index in [1.54, 1.807) is 0 Å². The van der Waals surface area contributed by atoms with Crippen molar-refractivity contribution in [1.82, 2.24) is 0 Å². The van der Waals surface area contributed by atoms with Crippen molar-refractivity contribution in [3.05, 3.63) is 27.3 Å². The van der Waals surface area contributed by atoms with Gasteiger partial charge in [-0.25, -0.2) is 0 Å². The number of hydrogen-bond acceptors (Lipinski definition) is 2. The number of anilines is 1. The molecule has 0 bridgehead atoms. The van der Waals surface area contributed by atoms with Gasteiger partial charge in [0.1, 0.15) is 0 Å². The monoisotopic (exact) mass is 331 g/mol. The fraction of sp³-hybridized carbons (Fsp3) is 0.538. The Kier molecular flexibility index (Phi) is 4.08. The zero-order valence-electron chi connectivity index (χ0n) is 9.79. The minimum atomic E-state index is 0.479. The second-order valence-corrected chi connectivity index (χ2v) is 5.52. The highest BCUT2D eigenvalue weighted by atomic mass is 127. The lowest BCUT2D eigenvalue weighted by Crippen LogP contribution is -2.40. The molecule has 0 aliphatic heterocycles. The highest BCUT2D eigenvalue weighted by Crippen LogP contribution is 2.27. The minimum absolute atomic E-state index is 0.479. The van der Waals surface area contributed by atoms with E-state index in [2.05, 4.69) is 60.0 Å². The molecule has 1 fully saturated rings. The van der Waals surface area contributed by atoms with Crippen molar-refractivity contribution < 1.29 is 4.74 Å². The maximum absolute atomic E-state index is 5.55. The van der Waals surface area contributed by atoms with Crippen molar-refractivity contribution in [3.63, 3.8) is 0 Å². The molecule has 1 aliphatic rings. The summed E-state index contributed by atoms with van der Waals surface area (Å²) < 4.78 is 6.87. The van der Waals surface area contributed by atoms with Gasteiger partial charge in [-0.1, -0.05) is 6.07 Å². The van der Waals surface area contributed by atoms with Crippen molar-refractivity contribution >= 4 is 28.3 Å². The molecule has 16 heavy (non-hydrogen) atoms. The summed E-state index contributed by atoms with van der Waals surface area (Å²) in [5.74, 6) is 0. The molecule has 0 amide bonds. The summed E-state index contributed by atoms with van der Waals surface area (Å²) in [6.45, 7) is 5.03. The van der Waals surface area contributed by atoms with Crippen molar-refractivity contribution in [2.75, 3.05) is 11.9 Å². The smallest absolute Gasteiger partial charge is 0.0614 e. The molecule has 2 nitrogen and oxygen atoms in total. The summed E-state index contributed by atoms with van der Waals surface area (Å²) in [5.41, 5.74) is 2.57. The molecule has 1 aromatic carbocycles. The Morgan fingerprint density at radius 1 is 1.44 bits per heavy atom. The molecule has 1 N–H and O–H groups in total. The van der Waals surface area contributed by atoms with Gasteiger partial charge >= 0.3 is 0 Å². The van der Waals surface area contributed by atoms with Crippen LogP contribution in [0, 0.1) is 10.5 Å². The Morgan fingerprint density at radius 3 is 2.81 bits per heavy atom. The van der Waals surface area contributed by atoms with Crippen molar-refractivity contribution in [2.24, 2.45) is 0 Å². The minimum Gasteiger partial charge on any atom is -0.382 e. The Labute approximate surface area is 111 Å². The van der Waals surface area contributed by atoms with E-state index in [0.717, 1.165) is 19.4 Å². The molecular weight excluding hydrogens is 313 g/mol. The molecule has 0 saturated heterocycles. The lowest BCUT2D eigenvalue weighted by Gasteiger charge is -2.36. The lowest BCUT2D eigenvalue weighted by atomic mass is 9.89. The van der Waals surface area contributed by atoms with Gasteiger partial charge in [-0.3, -0.25) is 0 Å². The third-order valence-corrected chi connectivity index (χ3v) is 4.20. The second-order valence-electron chi connectivity index (χ2n) is 4.35. The fourth-order valence-corrected chi connectivity index (χ4v) is 2.49. The van der Waals surface area contributed by atoms with Gasteiger partial charge in [0.15, 0.2) is 0 Å². The number of rotatable bonds is 4. The van der Waals surface area contributed by atoms with Gasteiger partial charge in [0.05, 0.1) is 6.10 Å². The van der Waals surface area contributed by atoms with Gasteiger partial charge < -0.3 is 10.1 Å². The van der Waals surface area contributed by atoms with Crippen LogP contribution in [0.25, 0.3) is 0 Å². The van der Waals surface area contributed by atoms with Gasteiger partial charge in [0, 0.05) is 21.9 Å². The molecule has 0 radical (unpaired) electrons.